The van der Waals surface area contributed by atoms with Crippen LogP contribution in [-0.4, -0.2) is 18.1 Å². The van der Waals surface area contributed by atoms with Crippen molar-refractivity contribution in [1.29, 1.82) is 0 Å². The zero-order valence-corrected chi connectivity index (χ0v) is 11.7. The van der Waals surface area contributed by atoms with Crippen LogP contribution in [0, 0.1) is 11.3 Å². The highest BCUT2D eigenvalue weighted by molar-refractivity contribution is 5.75. The van der Waals surface area contributed by atoms with E-state index in [1.165, 1.54) is 0 Å². The van der Waals surface area contributed by atoms with Crippen LogP contribution in [0.5, 0.6) is 0 Å². The first-order chi connectivity index (χ1) is 7.80. The molecule has 0 heterocycles. The summed E-state index contributed by atoms with van der Waals surface area (Å²) >= 11 is 0. The Morgan fingerprint density at radius 3 is 2.35 bits per heavy atom. The van der Waals surface area contributed by atoms with Crippen LogP contribution in [0.2, 0.25) is 0 Å². The third-order valence-electron chi connectivity index (χ3n) is 3.60. The molecule has 2 N–H and O–H groups in total. The maximum absolute atomic E-state index is 11.8. The van der Waals surface area contributed by atoms with Gasteiger partial charge in [0.15, 0.2) is 0 Å². The van der Waals surface area contributed by atoms with Gasteiger partial charge in [-0.3, -0.25) is 4.79 Å². The van der Waals surface area contributed by atoms with Gasteiger partial charge in [0.05, 0.1) is 0 Å². The number of carbonyl (C=O) groups excluding carboxylic acids is 1. The fourth-order valence-electron chi connectivity index (χ4n) is 2.35. The molecule has 0 bridgehead atoms. The van der Waals surface area contributed by atoms with Gasteiger partial charge in [0.2, 0.25) is 0 Å². The predicted octanol–water partition coefficient (Wildman–Crippen LogP) is 2.87. The largest absolute Gasteiger partial charge is 0.461 e. The van der Waals surface area contributed by atoms with Crippen LogP contribution in [0.4, 0.5) is 0 Å². The van der Waals surface area contributed by atoms with Crippen LogP contribution >= 0.6 is 0 Å². The molecule has 1 atom stereocenters. The summed E-state index contributed by atoms with van der Waals surface area (Å²) in [6.45, 7) is 8.68. The van der Waals surface area contributed by atoms with Crippen molar-refractivity contribution in [3.8, 4) is 0 Å². The average molecular weight is 241 g/mol. The summed E-state index contributed by atoms with van der Waals surface area (Å²) in [5.74, 6) is 0.214. The number of nitrogens with two attached hydrogens (primary N) is 1. The van der Waals surface area contributed by atoms with Gasteiger partial charge in [-0.25, -0.2) is 0 Å². The summed E-state index contributed by atoms with van der Waals surface area (Å²) in [6, 6.07) is -0.454. The molecule has 3 heteroatoms. The second-order valence-electron chi connectivity index (χ2n) is 6.54. The first kappa shape index (κ1) is 14.5. The molecule has 1 aliphatic rings. The lowest BCUT2D eigenvalue weighted by Crippen LogP contribution is -2.37. The Balaban J connectivity index is 2.32. The standard InChI is InChI=1S/C14H27NO2/c1-10(2)9-12(15)13(16)17-11-5-7-14(3,4)8-6-11/h10-12H,5-9,15H2,1-4H3. The van der Waals surface area contributed by atoms with E-state index in [0.717, 1.165) is 25.7 Å². The zero-order chi connectivity index (χ0) is 13.1. The van der Waals surface area contributed by atoms with Gasteiger partial charge in [-0.1, -0.05) is 27.7 Å². The minimum atomic E-state index is -0.454. The highest BCUT2D eigenvalue weighted by Gasteiger charge is 2.29. The minimum Gasteiger partial charge on any atom is -0.461 e. The van der Waals surface area contributed by atoms with Crippen molar-refractivity contribution >= 4 is 5.97 Å². The predicted molar refractivity (Wildman–Crippen MR) is 69.6 cm³/mol. The first-order valence-corrected chi connectivity index (χ1v) is 6.76. The molecule has 0 radical (unpaired) electrons. The summed E-state index contributed by atoms with van der Waals surface area (Å²) in [4.78, 5) is 11.8. The molecule has 100 valence electrons. The summed E-state index contributed by atoms with van der Waals surface area (Å²) in [6.07, 6.45) is 5.01. The minimum absolute atomic E-state index is 0.0914. The molecule has 0 spiro atoms. The lowest BCUT2D eigenvalue weighted by Gasteiger charge is -2.34. The Morgan fingerprint density at radius 2 is 1.88 bits per heavy atom. The lowest BCUT2D eigenvalue weighted by atomic mass is 9.76. The van der Waals surface area contributed by atoms with E-state index in [2.05, 4.69) is 27.7 Å². The van der Waals surface area contributed by atoms with E-state index in [4.69, 9.17) is 10.5 Å². The van der Waals surface area contributed by atoms with E-state index in [1.54, 1.807) is 0 Å². The van der Waals surface area contributed by atoms with Crippen molar-refractivity contribution in [2.24, 2.45) is 17.1 Å². The second-order valence-corrected chi connectivity index (χ2v) is 6.54. The molecule has 17 heavy (non-hydrogen) atoms. The van der Waals surface area contributed by atoms with Gasteiger partial charge in [0.25, 0.3) is 0 Å². The van der Waals surface area contributed by atoms with Crippen molar-refractivity contribution in [3.63, 3.8) is 0 Å². The van der Waals surface area contributed by atoms with E-state index in [-0.39, 0.29) is 12.1 Å². The second kappa shape index (κ2) is 5.85. The van der Waals surface area contributed by atoms with Crippen molar-refractivity contribution < 1.29 is 9.53 Å². The van der Waals surface area contributed by atoms with Crippen LogP contribution < -0.4 is 5.73 Å². The number of hydrogen-bond acceptors (Lipinski definition) is 3. The molecule has 0 amide bonds. The van der Waals surface area contributed by atoms with Crippen molar-refractivity contribution in [2.75, 3.05) is 0 Å². The number of esters is 1. The normalized spacial score (nSPS) is 22.5. The number of hydrogen-bond donors (Lipinski definition) is 1. The third-order valence-corrected chi connectivity index (χ3v) is 3.60. The smallest absolute Gasteiger partial charge is 0.323 e. The summed E-state index contributed by atoms with van der Waals surface area (Å²) in [5.41, 5.74) is 6.22. The monoisotopic (exact) mass is 241 g/mol. The Hall–Kier alpha value is -0.570. The van der Waals surface area contributed by atoms with Crippen LogP contribution in [0.25, 0.3) is 0 Å². The average Bonchev–Trinajstić information content (AvgIpc) is 2.20. The molecular formula is C14H27NO2. The Bertz CT molecular complexity index is 251. The Morgan fingerprint density at radius 1 is 1.35 bits per heavy atom. The quantitative estimate of drug-likeness (QED) is 0.770. The van der Waals surface area contributed by atoms with Crippen LogP contribution in [0.1, 0.15) is 59.8 Å². The Kier molecular flexibility index (Phi) is 4.99. The SMILES string of the molecule is CC(C)CC(N)C(=O)OC1CCC(C)(C)CC1. The topological polar surface area (TPSA) is 52.3 Å². The van der Waals surface area contributed by atoms with Gasteiger partial charge in [-0.2, -0.15) is 0 Å². The molecule has 0 aromatic rings. The molecule has 0 aliphatic heterocycles. The van der Waals surface area contributed by atoms with Crippen molar-refractivity contribution in [2.45, 2.75) is 71.9 Å². The van der Waals surface area contributed by atoms with Crippen molar-refractivity contribution in [1.82, 2.24) is 0 Å². The number of ether oxygens (including phenoxy) is 1. The number of rotatable bonds is 4. The molecule has 3 nitrogen and oxygen atoms in total. The van der Waals surface area contributed by atoms with E-state index >= 15 is 0 Å². The van der Waals surface area contributed by atoms with E-state index < -0.39 is 6.04 Å². The molecular weight excluding hydrogens is 214 g/mol. The highest BCUT2D eigenvalue weighted by Crippen LogP contribution is 2.36. The van der Waals surface area contributed by atoms with E-state index in [0.29, 0.717) is 17.8 Å². The van der Waals surface area contributed by atoms with E-state index in [9.17, 15) is 4.79 Å². The third kappa shape index (κ3) is 5.07. The van der Waals surface area contributed by atoms with Gasteiger partial charge in [0.1, 0.15) is 12.1 Å². The van der Waals surface area contributed by atoms with Gasteiger partial charge >= 0.3 is 5.97 Å². The maximum atomic E-state index is 11.8. The van der Waals surface area contributed by atoms with Gasteiger partial charge in [-0.15, -0.1) is 0 Å². The molecule has 1 saturated carbocycles. The lowest BCUT2D eigenvalue weighted by molar-refractivity contribution is -0.153. The molecule has 0 saturated heterocycles. The Labute approximate surface area is 105 Å². The maximum Gasteiger partial charge on any atom is 0.323 e. The van der Waals surface area contributed by atoms with E-state index in [1.807, 2.05) is 0 Å². The molecule has 1 rings (SSSR count). The summed E-state index contributed by atoms with van der Waals surface area (Å²) in [5, 5.41) is 0. The first-order valence-electron chi connectivity index (χ1n) is 6.76. The zero-order valence-electron chi connectivity index (χ0n) is 11.7. The van der Waals surface area contributed by atoms with Crippen LogP contribution in [0.15, 0.2) is 0 Å². The molecule has 0 aromatic heterocycles. The highest BCUT2D eigenvalue weighted by atomic mass is 16.5. The molecule has 0 aromatic carbocycles. The molecule has 1 unspecified atom stereocenters. The van der Waals surface area contributed by atoms with Crippen LogP contribution in [0.3, 0.4) is 0 Å². The van der Waals surface area contributed by atoms with Crippen LogP contribution in [-0.2, 0) is 9.53 Å². The van der Waals surface area contributed by atoms with Gasteiger partial charge in [0, 0.05) is 0 Å². The van der Waals surface area contributed by atoms with Gasteiger partial charge in [-0.05, 0) is 43.4 Å². The summed E-state index contributed by atoms with van der Waals surface area (Å²) in [7, 11) is 0. The fraction of sp³-hybridized carbons (Fsp3) is 0.929. The van der Waals surface area contributed by atoms with Crippen molar-refractivity contribution in [3.05, 3.63) is 0 Å². The van der Waals surface area contributed by atoms with Gasteiger partial charge < -0.3 is 10.5 Å². The fourth-order valence-corrected chi connectivity index (χ4v) is 2.35. The number of carbonyl (C=O) groups is 1. The molecule has 1 aliphatic carbocycles. The molecule has 1 fully saturated rings. The summed E-state index contributed by atoms with van der Waals surface area (Å²) < 4.78 is 5.48.